The number of halogens is 1. The number of amides is 2. The molecular weight excluding hydrogens is 526 g/mol. The minimum absolute atomic E-state index is 0.174. The normalized spacial score (nSPS) is 14.5. The van der Waals surface area contributed by atoms with E-state index in [9.17, 15) is 19.7 Å². The molecule has 4 rings (SSSR count). The van der Waals surface area contributed by atoms with Crippen LogP contribution in [0.4, 0.5) is 10.5 Å². The molecule has 1 fully saturated rings. The summed E-state index contributed by atoms with van der Waals surface area (Å²) in [5, 5.41) is 10.9. The number of nitrogens with zero attached hydrogens (tertiary/aromatic N) is 3. The lowest BCUT2D eigenvalue weighted by molar-refractivity contribution is -0.386. The monoisotopic (exact) mass is 541 g/mol. The largest absolute Gasteiger partial charge is 0.493 e. The van der Waals surface area contributed by atoms with Crippen molar-refractivity contribution in [2.45, 2.75) is 6.54 Å². The van der Waals surface area contributed by atoms with E-state index < -0.39 is 4.92 Å². The summed E-state index contributed by atoms with van der Waals surface area (Å²) < 4.78 is 11.9. The summed E-state index contributed by atoms with van der Waals surface area (Å²) in [6.07, 6.45) is 2.97. The van der Waals surface area contributed by atoms with Crippen LogP contribution in [0, 0.1) is 10.1 Å². The number of nitro groups is 1. The third-order valence-electron chi connectivity index (χ3n) is 4.77. The maximum Gasteiger partial charge on any atom is 0.331 e. The molecule has 1 aromatic heterocycles. The molecule has 0 N–H and O–H groups in total. The predicted molar refractivity (Wildman–Crippen MR) is 130 cm³/mol. The molecule has 0 atom stereocenters. The standard InChI is InChI=1S/C23H16BrN3O6S/c1-32-19-11-15(6-9-18(19)33-21-17(27(30)31)3-2-10-25-21)12-20-22(28)26(23(29)34-20)13-14-4-7-16(24)8-5-14/h2-12H,13H2,1H3/b20-12-. The zero-order chi connectivity index (χ0) is 24.2. The lowest BCUT2D eigenvalue weighted by Gasteiger charge is -2.12. The van der Waals surface area contributed by atoms with Crippen LogP contribution in [0.25, 0.3) is 6.08 Å². The van der Waals surface area contributed by atoms with Gasteiger partial charge in [0.15, 0.2) is 11.5 Å². The van der Waals surface area contributed by atoms with E-state index in [1.54, 1.807) is 24.3 Å². The summed E-state index contributed by atoms with van der Waals surface area (Å²) in [5.41, 5.74) is 1.14. The fourth-order valence-electron chi connectivity index (χ4n) is 3.12. The van der Waals surface area contributed by atoms with E-state index in [4.69, 9.17) is 9.47 Å². The molecule has 0 spiro atoms. The molecule has 1 aliphatic heterocycles. The first-order valence-electron chi connectivity index (χ1n) is 9.81. The molecule has 0 bridgehead atoms. The van der Waals surface area contributed by atoms with Crippen LogP contribution in [0.5, 0.6) is 17.4 Å². The highest BCUT2D eigenvalue weighted by Gasteiger charge is 2.35. The lowest BCUT2D eigenvalue weighted by atomic mass is 10.1. The van der Waals surface area contributed by atoms with Crippen molar-refractivity contribution in [1.82, 2.24) is 9.88 Å². The van der Waals surface area contributed by atoms with E-state index in [-0.39, 0.29) is 45.7 Å². The molecule has 2 amide bonds. The number of benzene rings is 2. The van der Waals surface area contributed by atoms with Crippen LogP contribution in [-0.2, 0) is 11.3 Å². The van der Waals surface area contributed by atoms with Gasteiger partial charge in [-0.25, -0.2) is 4.98 Å². The lowest BCUT2D eigenvalue weighted by Crippen LogP contribution is -2.27. The molecule has 11 heteroatoms. The Morgan fingerprint density at radius 2 is 1.91 bits per heavy atom. The van der Waals surface area contributed by atoms with Crippen molar-refractivity contribution in [3.63, 3.8) is 0 Å². The van der Waals surface area contributed by atoms with Crippen LogP contribution in [0.3, 0.4) is 0 Å². The molecule has 1 aliphatic rings. The topological polar surface area (TPSA) is 112 Å². The fraction of sp³-hybridized carbons (Fsp3) is 0.0870. The second-order valence-corrected chi connectivity index (χ2v) is 8.90. The van der Waals surface area contributed by atoms with Gasteiger partial charge in [0.2, 0.25) is 0 Å². The molecule has 0 unspecified atom stereocenters. The van der Waals surface area contributed by atoms with Crippen LogP contribution < -0.4 is 9.47 Å². The van der Waals surface area contributed by atoms with Gasteiger partial charge in [-0.1, -0.05) is 34.1 Å². The minimum atomic E-state index is -0.590. The number of hydrogen-bond acceptors (Lipinski definition) is 8. The Kier molecular flexibility index (Phi) is 6.94. The Hall–Kier alpha value is -3.70. The second-order valence-electron chi connectivity index (χ2n) is 6.99. The van der Waals surface area contributed by atoms with Crippen molar-refractivity contribution in [3.8, 4) is 17.4 Å². The first-order chi connectivity index (χ1) is 16.4. The Morgan fingerprint density at radius 1 is 1.15 bits per heavy atom. The maximum atomic E-state index is 12.8. The Balaban J connectivity index is 1.55. The van der Waals surface area contributed by atoms with Crippen molar-refractivity contribution in [3.05, 3.63) is 91.4 Å². The smallest absolute Gasteiger partial charge is 0.331 e. The SMILES string of the molecule is COc1cc(/C=C2\SC(=O)N(Cc3ccc(Br)cc3)C2=O)ccc1Oc1ncccc1[N+](=O)[O-]. The van der Waals surface area contributed by atoms with Crippen molar-refractivity contribution in [1.29, 1.82) is 0 Å². The first-order valence-corrected chi connectivity index (χ1v) is 11.4. The number of imide groups is 1. The quantitative estimate of drug-likeness (QED) is 0.210. The number of aromatic nitrogens is 1. The van der Waals surface area contributed by atoms with Crippen molar-refractivity contribution in [2.75, 3.05) is 7.11 Å². The van der Waals surface area contributed by atoms with Crippen LogP contribution >= 0.6 is 27.7 Å². The van der Waals surface area contributed by atoms with Gasteiger partial charge in [0.05, 0.1) is 23.5 Å². The number of rotatable bonds is 7. The highest BCUT2D eigenvalue weighted by atomic mass is 79.9. The Bertz CT molecular complexity index is 1310. The Morgan fingerprint density at radius 3 is 2.62 bits per heavy atom. The van der Waals surface area contributed by atoms with Crippen LogP contribution in [-0.4, -0.2) is 33.1 Å². The average molecular weight is 542 g/mol. The minimum Gasteiger partial charge on any atom is -0.493 e. The number of hydrogen-bond donors (Lipinski definition) is 0. The maximum absolute atomic E-state index is 12.8. The van der Waals surface area contributed by atoms with Gasteiger partial charge in [-0.15, -0.1) is 0 Å². The number of ether oxygens (including phenoxy) is 2. The van der Waals surface area contributed by atoms with Crippen molar-refractivity contribution < 1.29 is 24.0 Å². The van der Waals surface area contributed by atoms with E-state index in [1.165, 1.54) is 30.3 Å². The molecule has 0 aliphatic carbocycles. The van der Waals surface area contributed by atoms with E-state index in [2.05, 4.69) is 20.9 Å². The summed E-state index contributed by atoms with van der Waals surface area (Å²) in [4.78, 5) is 41.3. The molecule has 172 valence electrons. The predicted octanol–water partition coefficient (Wildman–Crippen LogP) is 5.79. The third-order valence-corrected chi connectivity index (χ3v) is 6.20. The first kappa shape index (κ1) is 23.5. The van der Waals surface area contributed by atoms with Gasteiger partial charge in [0.1, 0.15) is 0 Å². The highest BCUT2D eigenvalue weighted by Crippen LogP contribution is 2.37. The van der Waals surface area contributed by atoms with E-state index in [0.717, 1.165) is 21.8 Å². The Labute approximate surface area is 206 Å². The van der Waals surface area contributed by atoms with Gasteiger partial charge in [-0.3, -0.25) is 24.6 Å². The number of methoxy groups -OCH3 is 1. The van der Waals surface area contributed by atoms with Gasteiger partial charge in [0, 0.05) is 16.7 Å². The van der Waals surface area contributed by atoms with Gasteiger partial charge < -0.3 is 9.47 Å². The molecule has 34 heavy (non-hydrogen) atoms. The molecule has 2 aromatic carbocycles. The van der Waals surface area contributed by atoms with Gasteiger partial charge in [0.25, 0.3) is 17.0 Å². The van der Waals surface area contributed by atoms with Gasteiger partial charge in [-0.2, -0.15) is 0 Å². The third kappa shape index (κ3) is 5.10. The van der Waals surface area contributed by atoms with Crippen molar-refractivity contribution >= 4 is 50.6 Å². The summed E-state index contributed by atoms with van der Waals surface area (Å²) in [7, 11) is 1.42. The number of thioether (sulfide) groups is 1. The summed E-state index contributed by atoms with van der Waals surface area (Å²) >= 11 is 4.22. The number of carbonyl (C=O) groups is 2. The van der Waals surface area contributed by atoms with Crippen LogP contribution in [0.1, 0.15) is 11.1 Å². The van der Waals surface area contributed by atoms with Gasteiger partial charge in [-0.05, 0) is 59.3 Å². The molecule has 0 saturated carbocycles. The summed E-state index contributed by atoms with van der Waals surface area (Å²) in [5.74, 6) is -0.0680. The van der Waals surface area contributed by atoms with Crippen molar-refractivity contribution in [2.24, 2.45) is 0 Å². The number of carbonyl (C=O) groups excluding carboxylic acids is 2. The summed E-state index contributed by atoms with van der Waals surface area (Å²) in [6.45, 7) is 0.175. The van der Waals surface area contributed by atoms with E-state index >= 15 is 0 Å². The molecule has 3 aromatic rings. The zero-order valence-electron chi connectivity index (χ0n) is 17.6. The van der Waals surface area contributed by atoms with Crippen LogP contribution in [0.15, 0.2) is 70.2 Å². The van der Waals surface area contributed by atoms with Crippen LogP contribution in [0.2, 0.25) is 0 Å². The zero-order valence-corrected chi connectivity index (χ0v) is 20.0. The highest BCUT2D eigenvalue weighted by molar-refractivity contribution is 9.10. The molecule has 9 nitrogen and oxygen atoms in total. The summed E-state index contributed by atoms with van der Waals surface area (Å²) in [6, 6.07) is 14.9. The van der Waals surface area contributed by atoms with E-state index in [0.29, 0.717) is 5.56 Å². The average Bonchev–Trinajstić information content (AvgIpc) is 3.08. The molecular formula is C23H16BrN3O6S. The van der Waals surface area contributed by atoms with Gasteiger partial charge >= 0.3 is 5.69 Å². The molecule has 0 radical (unpaired) electrons. The number of pyridine rings is 1. The molecule has 2 heterocycles. The molecule has 1 saturated heterocycles. The van der Waals surface area contributed by atoms with E-state index in [1.807, 2.05) is 24.3 Å². The fourth-order valence-corrected chi connectivity index (χ4v) is 4.23. The second kappa shape index (κ2) is 10.1.